The van der Waals surface area contributed by atoms with E-state index in [0.717, 1.165) is 0 Å². The van der Waals surface area contributed by atoms with Gasteiger partial charge in [0.05, 0.1) is 23.7 Å². The SMILES string of the molecule is CCNC(=O)c1ccc(Nc2ncc(C(F)(F)F)c(NCc3ncccc3NS(=O)(=O)CC)n2)cc1. The van der Waals surface area contributed by atoms with Crippen LogP contribution in [0.25, 0.3) is 0 Å². The number of benzene rings is 1. The maximum Gasteiger partial charge on any atom is 0.421 e. The molecular weight excluding hydrogens is 499 g/mol. The summed E-state index contributed by atoms with van der Waals surface area (Å²) >= 11 is 0. The molecule has 0 bridgehead atoms. The van der Waals surface area contributed by atoms with Crippen LogP contribution in [0.5, 0.6) is 0 Å². The van der Waals surface area contributed by atoms with Crippen LogP contribution in [-0.4, -0.2) is 41.6 Å². The first kappa shape index (κ1) is 26.7. The van der Waals surface area contributed by atoms with Gasteiger partial charge in [-0.25, -0.2) is 13.4 Å². The second kappa shape index (κ2) is 11.2. The van der Waals surface area contributed by atoms with E-state index in [1.165, 1.54) is 25.3 Å². The fourth-order valence-corrected chi connectivity index (χ4v) is 3.63. The van der Waals surface area contributed by atoms with Gasteiger partial charge in [-0.15, -0.1) is 0 Å². The predicted octanol–water partition coefficient (Wildman–Crippen LogP) is 3.76. The fraction of sp³-hybridized carbons (Fsp3) is 0.273. The van der Waals surface area contributed by atoms with Crippen molar-refractivity contribution in [1.82, 2.24) is 20.3 Å². The molecule has 0 aliphatic rings. The summed E-state index contributed by atoms with van der Waals surface area (Å²) in [5, 5.41) is 8.05. The van der Waals surface area contributed by atoms with E-state index in [1.54, 1.807) is 31.2 Å². The standard InChI is InChI=1S/C22H24F3N7O3S/c1-3-26-20(33)14-7-9-15(10-8-14)30-21-29-12-16(22(23,24)25)19(31-21)28-13-18-17(6-5-11-27-18)32-36(34,35)4-2/h5-12,32H,3-4,13H2,1-2H3,(H,26,33)(H2,28,29,30,31). The topological polar surface area (TPSA) is 138 Å². The molecule has 36 heavy (non-hydrogen) atoms. The van der Waals surface area contributed by atoms with Crippen LogP contribution >= 0.6 is 0 Å². The summed E-state index contributed by atoms with van der Waals surface area (Å²) < 4.78 is 67.0. The van der Waals surface area contributed by atoms with Gasteiger partial charge in [-0.2, -0.15) is 18.2 Å². The molecule has 10 nitrogen and oxygen atoms in total. The van der Waals surface area contributed by atoms with E-state index in [4.69, 9.17) is 0 Å². The summed E-state index contributed by atoms with van der Waals surface area (Å²) in [6, 6.07) is 9.20. The Kier molecular flexibility index (Phi) is 8.29. The highest BCUT2D eigenvalue weighted by Crippen LogP contribution is 2.34. The van der Waals surface area contributed by atoms with E-state index in [9.17, 15) is 26.4 Å². The van der Waals surface area contributed by atoms with Crippen molar-refractivity contribution in [3.63, 3.8) is 0 Å². The van der Waals surface area contributed by atoms with E-state index in [2.05, 4.69) is 35.6 Å². The third-order valence-corrected chi connectivity index (χ3v) is 6.08. The molecular formula is C22H24F3N7O3S. The predicted molar refractivity (Wildman–Crippen MR) is 129 cm³/mol. The molecule has 0 atom stereocenters. The highest BCUT2D eigenvalue weighted by Gasteiger charge is 2.35. The second-order valence-electron chi connectivity index (χ2n) is 7.37. The Hall–Kier alpha value is -3.94. The molecule has 2 aromatic heterocycles. The molecule has 2 heterocycles. The number of hydrogen-bond donors (Lipinski definition) is 4. The van der Waals surface area contributed by atoms with Gasteiger partial charge in [0.1, 0.15) is 11.4 Å². The van der Waals surface area contributed by atoms with Crippen LogP contribution in [-0.2, 0) is 22.7 Å². The van der Waals surface area contributed by atoms with E-state index in [1.807, 2.05) is 0 Å². The molecule has 0 saturated heterocycles. The van der Waals surface area contributed by atoms with Crippen molar-refractivity contribution in [3.05, 3.63) is 65.6 Å². The second-order valence-corrected chi connectivity index (χ2v) is 9.38. The number of amides is 1. The quantitative estimate of drug-likeness (QED) is 0.315. The number of hydrogen-bond acceptors (Lipinski definition) is 8. The van der Waals surface area contributed by atoms with Gasteiger partial charge in [0, 0.05) is 30.2 Å². The van der Waals surface area contributed by atoms with Crippen LogP contribution in [0.15, 0.2) is 48.8 Å². The normalized spacial score (nSPS) is 11.6. The van der Waals surface area contributed by atoms with E-state index in [-0.39, 0.29) is 35.5 Å². The summed E-state index contributed by atoms with van der Waals surface area (Å²) in [5.41, 5.74) is 0.0840. The Bertz CT molecular complexity index is 1320. The minimum absolute atomic E-state index is 0.121. The molecule has 0 aliphatic heterocycles. The molecule has 0 aliphatic carbocycles. The lowest BCUT2D eigenvalue weighted by Crippen LogP contribution is -2.22. The van der Waals surface area contributed by atoms with Crippen molar-refractivity contribution >= 4 is 39.1 Å². The van der Waals surface area contributed by atoms with Crippen LogP contribution in [0.3, 0.4) is 0 Å². The smallest absolute Gasteiger partial charge is 0.364 e. The molecule has 14 heteroatoms. The number of nitrogens with one attached hydrogen (secondary N) is 4. The Morgan fingerprint density at radius 3 is 2.42 bits per heavy atom. The zero-order valence-corrected chi connectivity index (χ0v) is 20.2. The molecule has 1 amide bonds. The molecule has 3 rings (SSSR count). The van der Waals surface area contributed by atoms with E-state index >= 15 is 0 Å². The fourth-order valence-electron chi connectivity index (χ4n) is 2.96. The lowest BCUT2D eigenvalue weighted by atomic mass is 10.2. The van der Waals surface area contributed by atoms with Crippen molar-refractivity contribution in [2.75, 3.05) is 27.7 Å². The number of anilines is 4. The van der Waals surface area contributed by atoms with Crippen molar-refractivity contribution in [3.8, 4) is 0 Å². The number of sulfonamides is 1. The first-order valence-electron chi connectivity index (χ1n) is 10.8. The summed E-state index contributed by atoms with van der Waals surface area (Å²) in [6.07, 6.45) is -2.71. The number of pyridine rings is 1. The van der Waals surface area contributed by atoms with Gasteiger partial charge in [-0.05, 0) is 50.2 Å². The average Bonchev–Trinajstić information content (AvgIpc) is 2.83. The van der Waals surface area contributed by atoms with E-state index in [0.29, 0.717) is 24.0 Å². The summed E-state index contributed by atoms with van der Waals surface area (Å²) in [7, 11) is -3.62. The molecule has 1 aromatic carbocycles. The van der Waals surface area contributed by atoms with Crippen LogP contribution in [0.1, 0.15) is 35.5 Å². The maximum atomic E-state index is 13.6. The molecule has 0 spiro atoms. The highest BCUT2D eigenvalue weighted by atomic mass is 32.2. The van der Waals surface area contributed by atoms with Gasteiger partial charge in [0.15, 0.2) is 0 Å². The highest BCUT2D eigenvalue weighted by molar-refractivity contribution is 7.92. The first-order valence-corrected chi connectivity index (χ1v) is 12.5. The molecule has 0 radical (unpaired) electrons. The summed E-state index contributed by atoms with van der Waals surface area (Å²) in [6.45, 7) is 3.47. The Morgan fingerprint density at radius 2 is 1.78 bits per heavy atom. The molecule has 0 unspecified atom stereocenters. The van der Waals surface area contributed by atoms with Gasteiger partial charge >= 0.3 is 6.18 Å². The molecule has 0 saturated carbocycles. The number of alkyl halides is 3. The Balaban J connectivity index is 1.83. The number of rotatable bonds is 10. The Labute approximate surface area is 205 Å². The van der Waals surface area contributed by atoms with Gasteiger partial charge in [0.25, 0.3) is 5.91 Å². The van der Waals surface area contributed by atoms with Gasteiger partial charge in [0.2, 0.25) is 16.0 Å². The van der Waals surface area contributed by atoms with Crippen LogP contribution in [0, 0.1) is 0 Å². The van der Waals surface area contributed by atoms with Gasteiger partial charge in [-0.3, -0.25) is 14.5 Å². The lowest BCUT2D eigenvalue weighted by Gasteiger charge is -2.16. The molecule has 3 aromatic rings. The van der Waals surface area contributed by atoms with Crippen LogP contribution in [0.2, 0.25) is 0 Å². The lowest BCUT2D eigenvalue weighted by molar-refractivity contribution is -0.137. The monoisotopic (exact) mass is 523 g/mol. The zero-order chi connectivity index (χ0) is 26.3. The van der Waals surface area contributed by atoms with Crippen molar-refractivity contribution in [1.29, 1.82) is 0 Å². The number of carbonyl (C=O) groups is 1. The van der Waals surface area contributed by atoms with Crippen molar-refractivity contribution in [2.45, 2.75) is 26.6 Å². The number of nitrogens with zero attached hydrogens (tertiary/aromatic N) is 3. The average molecular weight is 524 g/mol. The molecule has 0 fully saturated rings. The van der Waals surface area contributed by atoms with Crippen molar-refractivity contribution in [2.24, 2.45) is 0 Å². The van der Waals surface area contributed by atoms with Crippen molar-refractivity contribution < 1.29 is 26.4 Å². The maximum absolute atomic E-state index is 13.6. The first-order chi connectivity index (χ1) is 17.0. The third kappa shape index (κ3) is 7.04. The number of carbonyl (C=O) groups excluding carboxylic acids is 1. The third-order valence-electron chi connectivity index (χ3n) is 4.79. The van der Waals surface area contributed by atoms with Gasteiger partial charge in [-0.1, -0.05) is 0 Å². The molecule has 4 N–H and O–H groups in total. The minimum Gasteiger partial charge on any atom is -0.364 e. The molecule has 192 valence electrons. The van der Waals surface area contributed by atoms with Gasteiger partial charge < -0.3 is 16.0 Å². The minimum atomic E-state index is -4.74. The summed E-state index contributed by atoms with van der Waals surface area (Å²) in [4.78, 5) is 23.7. The van der Waals surface area contributed by atoms with Crippen LogP contribution in [0.4, 0.5) is 36.3 Å². The largest absolute Gasteiger partial charge is 0.421 e. The van der Waals surface area contributed by atoms with E-state index < -0.39 is 27.6 Å². The zero-order valence-electron chi connectivity index (χ0n) is 19.3. The van der Waals surface area contributed by atoms with Crippen LogP contribution < -0.4 is 20.7 Å². The number of aromatic nitrogens is 3. The summed E-state index contributed by atoms with van der Waals surface area (Å²) in [5.74, 6) is -1.08. The number of halogens is 3. The Morgan fingerprint density at radius 1 is 1.06 bits per heavy atom.